The molecule has 30 heavy (non-hydrogen) atoms. The van der Waals surface area contributed by atoms with Gasteiger partial charge in [0.05, 0.1) is 40.2 Å². The van der Waals surface area contributed by atoms with Crippen LogP contribution in [0.5, 0.6) is 0 Å². The van der Waals surface area contributed by atoms with Crippen LogP contribution in [0.1, 0.15) is 22.1 Å². The lowest BCUT2D eigenvalue weighted by atomic mass is 10.2. The Bertz CT molecular complexity index is 1250. The topological polar surface area (TPSA) is 85.7 Å². The number of para-hydroxylation sites is 1. The Morgan fingerprint density at radius 1 is 1.10 bits per heavy atom. The minimum Gasteiger partial charge on any atom is -0.465 e. The Labute approximate surface area is 183 Å². The van der Waals surface area contributed by atoms with Crippen molar-refractivity contribution < 1.29 is 22.7 Å². The van der Waals surface area contributed by atoms with Crippen LogP contribution < -0.4 is 4.31 Å². The van der Waals surface area contributed by atoms with Gasteiger partial charge in [-0.1, -0.05) is 41.4 Å². The van der Waals surface area contributed by atoms with Crippen LogP contribution in [-0.2, 0) is 14.8 Å². The number of methoxy groups -OCH3 is 1. The summed E-state index contributed by atoms with van der Waals surface area (Å²) in [6, 6.07) is 9.94. The van der Waals surface area contributed by atoms with Crippen LogP contribution in [-0.4, -0.2) is 44.3 Å². The molecule has 1 heterocycles. The first-order valence-electron chi connectivity index (χ1n) is 8.73. The number of fused-ring (bicyclic) bond motifs is 1. The van der Waals surface area contributed by atoms with Crippen LogP contribution in [0.15, 0.2) is 48.7 Å². The average molecular weight is 469 g/mol. The van der Waals surface area contributed by atoms with Gasteiger partial charge in [0.25, 0.3) is 5.91 Å². The molecule has 0 N–H and O–H groups in total. The molecule has 1 atom stereocenters. The smallest absolute Gasteiger partial charge is 0.340 e. The van der Waals surface area contributed by atoms with Gasteiger partial charge in [0.15, 0.2) is 0 Å². The van der Waals surface area contributed by atoms with Crippen LogP contribution in [0, 0.1) is 0 Å². The maximum Gasteiger partial charge on any atom is 0.340 e. The number of sulfonamides is 1. The van der Waals surface area contributed by atoms with Crippen LogP contribution in [0.2, 0.25) is 10.0 Å². The third-order valence-electron chi connectivity index (χ3n) is 4.58. The summed E-state index contributed by atoms with van der Waals surface area (Å²) in [5.41, 5.74) is 0.851. The standard InChI is InChI=1S/C20H18Cl2N2O5S/c1-12(24(30(3,27)28)13-8-9-16(21)17(22)10-13)19(25)23-11-15(20(26)29-2)14-6-4-5-7-18(14)23/h4-12H,1-3H3/t12-/m1/s1. The van der Waals surface area contributed by atoms with Crippen molar-refractivity contribution in [1.29, 1.82) is 0 Å². The zero-order valence-electron chi connectivity index (χ0n) is 16.3. The van der Waals surface area contributed by atoms with Crippen molar-refractivity contribution in [2.75, 3.05) is 17.7 Å². The van der Waals surface area contributed by atoms with E-state index in [1.165, 1.54) is 43.0 Å². The number of anilines is 1. The largest absolute Gasteiger partial charge is 0.465 e. The first-order valence-corrected chi connectivity index (χ1v) is 11.3. The summed E-state index contributed by atoms with van der Waals surface area (Å²) in [5.74, 6) is -1.16. The molecule has 158 valence electrons. The lowest BCUT2D eigenvalue weighted by Gasteiger charge is -2.28. The van der Waals surface area contributed by atoms with Crippen molar-refractivity contribution in [3.05, 3.63) is 64.3 Å². The number of hydrogen-bond acceptors (Lipinski definition) is 5. The summed E-state index contributed by atoms with van der Waals surface area (Å²) in [6.07, 6.45) is 2.34. The van der Waals surface area contributed by atoms with Crippen molar-refractivity contribution in [3.8, 4) is 0 Å². The summed E-state index contributed by atoms with van der Waals surface area (Å²) in [7, 11) is -2.62. The summed E-state index contributed by atoms with van der Waals surface area (Å²) in [4.78, 5) is 25.5. The number of hydrogen-bond donors (Lipinski definition) is 0. The Morgan fingerprint density at radius 2 is 1.77 bits per heavy atom. The molecule has 0 spiro atoms. The lowest BCUT2D eigenvalue weighted by Crippen LogP contribution is -2.44. The van der Waals surface area contributed by atoms with Gasteiger partial charge < -0.3 is 4.74 Å². The highest BCUT2D eigenvalue weighted by Crippen LogP contribution is 2.30. The maximum absolute atomic E-state index is 13.3. The predicted molar refractivity (Wildman–Crippen MR) is 117 cm³/mol. The molecular formula is C20H18Cl2N2O5S. The normalized spacial score (nSPS) is 12.6. The van der Waals surface area contributed by atoms with Crippen LogP contribution in [0.25, 0.3) is 10.9 Å². The van der Waals surface area contributed by atoms with E-state index < -0.39 is 27.9 Å². The monoisotopic (exact) mass is 468 g/mol. The first-order chi connectivity index (χ1) is 14.1. The van der Waals surface area contributed by atoms with E-state index in [4.69, 9.17) is 27.9 Å². The predicted octanol–water partition coefficient (Wildman–Crippen LogP) is 4.23. The van der Waals surface area contributed by atoms with Crippen molar-refractivity contribution >= 4 is 61.7 Å². The Balaban J connectivity index is 2.13. The molecule has 0 aliphatic rings. The summed E-state index contributed by atoms with van der Waals surface area (Å²) in [5, 5.41) is 0.930. The van der Waals surface area contributed by atoms with Crippen molar-refractivity contribution in [1.82, 2.24) is 4.57 Å². The minimum absolute atomic E-state index is 0.154. The van der Waals surface area contributed by atoms with E-state index in [0.29, 0.717) is 10.9 Å². The molecule has 0 radical (unpaired) electrons. The summed E-state index contributed by atoms with van der Waals surface area (Å²) >= 11 is 12.0. The molecule has 0 aliphatic carbocycles. The molecule has 0 saturated heterocycles. The van der Waals surface area contributed by atoms with Gasteiger partial charge in [-0.15, -0.1) is 0 Å². The molecule has 7 nitrogen and oxygen atoms in total. The average Bonchev–Trinajstić information content (AvgIpc) is 3.08. The molecule has 0 fully saturated rings. The number of benzene rings is 2. The van der Waals surface area contributed by atoms with E-state index in [2.05, 4.69) is 0 Å². The molecule has 0 bridgehead atoms. The first kappa shape index (κ1) is 22.1. The van der Waals surface area contributed by atoms with Crippen LogP contribution >= 0.6 is 23.2 Å². The molecular weight excluding hydrogens is 451 g/mol. The molecule has 10 heteroatoms. The van der Waals surface area contributed by atoms with E-state index in [0.717, 1.165) is 10.6 Å². The highest BCUT2D eigenvalue weighted by molar-refractivity contribution is 7.92. The Hall–Kier alpha value is -2.55. The number of nitrogens with zero attached hydrogens (tertiary/aromatic N) is 2. The fourth-order valence-electron chi connectivity index (χ4n) is 3.26. The number of carbonyl (C=O) groups is 2. The van der Waals surface area contributed by atoms with Crippen LogP contribution in [0.3, 0.4) is 0 Å². The second-order valence-electron chi connectivity index (χ2n) is 6.59. The zero-order valence-corrected chi connectivity index (χ0v) is 18.6. The van der Waals surface area contributed by atoms with Gasteiger partial charge in [0.2, 0.25) is 10.0 Å². The van der Waals surface area contributed by atoms with E-state index in [1.807, 2.05) is 0 Å². The Morgan fingerprint density at radius 3 is 2.37 bits per heavy atom. The maximum atomic E-state index is 13.3. The van der Waals surface area contributed by atoms with Gasteiger partial charge in [-0.2, -0.15) is 0 Å². The number of rotatable bonds is 5. The molecule has 0 unspecified atom stereocenters. The van der Waals surface area contributed by atoms with Gasteiger partial charge in [0.1, 0.15) is 6.04 Å². The van der Waals surface area contributed by atoms with E-state index in [9.17, 15) is 18.0 Å². The summed E-state index contributed by atoms with van der Waals surface area (Å²) < 4.78 is 32.1. The number of aromatic nitrogens is 1. The molecule has 0 amide bonds. The van der Waals surface area contributed by atoms with E-state index in [-0.39, 0.29) is 21.3 Å². The highest BCUT2D eigenvalue weighted by atomic mass is 35.5. The van der Waals surface area contributed by atoms with Gasteiger partial charge in [-0.3, -0.25) is 13.7 Å². The molecule has 3 aromatic rings. The zero-order chi connectivity index (χ0) is 22.2. The molecule has 3 rings (SSSR count). The van der Waals surface area contributed by atoms with Crippen molar-refractivity contribution in [3.63, 3.8) is 0 Å². The third-order valence-corrected chi connectivity index (χ3v) is 6.56. The lowest BCUT2D eigenvalue weighted by molar-refractivity contribution is 0.0603. The van der Waals surface area contributed by atoms with Crippen LogP contribution in [0.4, 0.5) is 5.69 Å². The fourth-order valence-corrected chi connectivity index (χ4v) is 4.71. The second kappa shape index (κ2) is 8.29. The highest BCUT2D eigenvalue weighted by Gasteiger charge is 2.32. The number of halogens is 2. The number of ether oxygens (including phenoxy) is 1. The Kier molecular flexibility index (Phi) is 6.12. The van der Waals surface area contributed by atoms with Gasteiger partial charge in [-0.05, 0) is 31.2 Å². The van der Waals surface area contributed by atoms with Gasteiger partial charge >= 0.3 is 5.97 Å². The van der Waals surface area contributed by atoms with E-state index >= 15 is 0 Å². The van der Waals surface area contributed by atoms with Crippen molar-refractivity contribution in [2.24, 2.45) is 0 Å². The molecule has 0 saturated carbocycles. The molecule has 1 aromatic heterocycles. The quantitative estimate of drug-likeness (QED) is 0.522. The third kappa shape index (κ3) is 4.03. The number of carbonyl (C=O) groups excluding carboxylic acids is 2. The van der Waals surface area contributed by atoms with Gasteiger partial charge in [0, 0.05) is 11.6 Å². The van der Waals surface area contributed by atoms with E-state index in [1.54, 1.807) is 24.3 Å². The molecule has 0 aliphatic heterocycles. The molecule has 2 aromatic carbocycles. The SMILES string of the molecule is COC(=O)c1cn(C(=O)[C@@H](C)N(c2ccc(Cl)c(Cl)c2)S(C)(=O)=O)c2ccccc12. The number of esters is 1. The second-order valence-corrected chi connectivity index (χ2v) is 9.27. The van der Waals surface area contributed by atoms with Crippen molar-refractivity contribution in [2.45, 2.75) is 13.0 Å². The summed E-state index contributed by atoms with van der Waals surface area (Å²) in [6.45, 7) is 1.46. The minimum atomic E-state index is -3.86. The van der Waals surface area contributed by atoms with Gasteiger partial charge in [-0.25, -0.2) is 13.2 Å². The fraction of sp³-hybridized carbons (Fsp3) is 0.200.